The number of hydrogen-bond acceptors (Lipinski definition) is 2. The van der Waals surface area contributed by atoms with Gasteiger partial charge in [-0.05, 0) is 12.8 Å². The second kappa shape index (κ2) is 3.90. The van der Waals surface area contributed by atoms with Crippen LogP contribution in [0.4, 0.5) is 0 Å². The molecule has 2 N–H and O–H groups in total. The highest BCUT2D eigenvalue weighted by molar-refractivity contribution is 5.78. The van der Waals surface area contributed by atoms with Gasteiger partial charge in [-0.1, -0.05) is 13.8 Å². The normalized spacial score (nSPS) is 23.7. The Morgan fingerprint density at radius 2 is 2.33 bits per heavy atom. The van der Waals surface area contributed by atoms with Gasteiger partial charge in [-0.2, -0.15) is 0 Å². The van der Waals surface area contributed by atoms with Crippen LogP contribution in [0.2, 0.25) is 0 Å². The molecule has 0 aliphatic carbocycles. The van der Waals surface area contributed by atoms with E-state index in [1.54, 1.807) is 0 Å². The molecule has 3 heteroatoms. The maximum absolute atomic E-state index is 11.6. The van der Waals surface area contributed by atoms with Crippen molar-refractivity contribution in [2.24, 2.45) is 11.7 Å². The van der Waals surface area contributed by atoms with Gasteiger partial charge in [-0.25, -0.2) is 0 Å². The zero-order chi connectivity index (χ0) is 9.14. The number of nitrogens with two attached hydrogens (primary N) is 1. The second-order valence-electron chi connectivity index (χ2n) is 3.72. The predicted molar refractivity (Wildman–Crippen MR) is 48.6 cm³/mol. The van der Waals surface area contributed by atoms with Crippen molar-refractivity contribution in [1.82, 2.24) is 4.90 Å². The molecule has 0 radical (unpaired) electrons. The Labute approximate surface area is 73.9 Å². The molecule has 1 aliphatic rings. The van der Waals surface area contributed by atoms with Crippen molar-refractivity contribution in [2.45, 2.75) is 32.7 Å². The summed E-state index contributed by atoms with van der Waals surface area (Å²) in [7, 11) is 0. The van der Waals surface area contributed by atoms with Gasteiger partial charge >= 0.3 is 0 Å². The molecule has 12 heavy (non-hydrogen) atoms. The van der Waals surface area contributed by atoms with Gasteiger partial charge < -0.3 is 10.6 Å². The summed E-state index contributed by atoms with van der Waals surface area (Å²) in [5, 5.41) is 0. The molecule has 1 unspecified atom stereocenters. The van der Waals surface area contributed by atoms with Gasteiger partial charge in [0.25, 0.3) is 0 Å². The fraction of sp³-hybridized carbons (Fsp3) is 0.889. The van der Waals surface area contributed by atoms with E-state index in [9.17, 15) is 4.79 Å². The molecule has 3 nitrogen and oxygen atoms in total. The summed E-state index contributed by atoms with van der Waals surface area (Å²) in [5.41, 5.74) is 5.57. The lowest BCUT2D eigenvalue weighted by atomic mass is 10.1. The van der Waals surface area contributed by atoms with Crippen molar-refractivity contribution in [3.8, 4) is 0 Å². The van der Waals surface area contributed by atoms with Crippen molar-refractivity contribution in [1.29, 1.82) is 0 Å². The average Bonchev–Trinajstić information content (AvgIpc) is 2.49. The van der Waals surface area contributed by atoms with E-state index in [2.05, 4.69) is 0 Å². The molecule has 1 saturated heterocycles. The summed E-state index contributed by atoms with van der Waals surface area (Å²) in [6.07, 6.45) is 2.19. The number of likely N-dealkylation sites (tertiary alicyclic amines) is 1. The van der Waals surface area contributed by atoms with E-state index in [0.29, 0.717) is 12.6 Å². The van der Waals surface area contributed by atoms with Crippen LogP contribution in [-0.4, -0.2) is 29.9 Å². The fourth-order valence-electron chi connectivity index (χ4n) is 1.70. The van der Waals surface area contributed by atoms with E-state index in [4.69, 9.17) is 5.73 Å². The molecule has 0 aromatic heterocycles. The third-order valence-electron chi connectivity index (χ3n) is 2.43. The zero-order valence-corrected chi connectivity index (χ0v) is 7.92. The third kappa shape index (κ3) is 1.78. The zero-order valence-electron chi connectivity index (χ0n) is 7.92. The molecule has 1 fully saturated rings. The highest BCUT2D eigenvalue weighted by atomic mass is 16.2. The largest absolute Gasteiger partial charge is 0.338 e. The second-order valence-corrected chi connectivity index (χ2v) is 3.72. The topological polar surface area (TPSA) is 46.3 Å². The first-order valence-electron chi connectivity index (χ1n) is 4.67. The minimum Gasteiger partial charge on any atom is -0.338 e. The van der Waals surface area contributed by atoms with Crippen LogP contribution >= 0.6 is 0 Å². The van der Waals surface area contributed by atoms with Crippen LogP contribution in [0, 0.1) is 5.92 Å². The molecule has 1 aliphatic heterocycles. The van der Waals surface area contributed by atoms with Crippen molar-refractivity contribution < 1.29 is 4.79 Å². The minimum absolute atomic E-state index is 0.108. The molecule has 70 valence electrons. The van der Waals surface area contributed by atoms with Gasteiger partial charge in [0.1, 0.15) is 0 Å². The van der Waals surface area contributed by atoms with Gasteiger partial charge in [-0.3, -0.25) is 4.79 Å². The molecular formula is C9H18N2O. The lowest BCUT2D eigenvalue weighted by molar-refractivity contribution is -0.135. The lowest BCUT2D eigenvalue weighted by Gasteiger charge is -2.25. The highest BCUT2D eigenvalue weighted by Gasteiger charge is 2.28. The number of rotatable bonds is 2. The van der Waals surface area contributed by atoms with Gasteiger partial charge in [0, 0.05) is 25.0 Å². The summed E-state index contributed by atoms with van der Waals surface area (Å²) in [4.78, 5) is 13.5. The van der Waals surface area contributed by atoms with Crippen LogP contribution in [0.5, 0.6) is 0 Å². The first-order chi connectivity index (χ1) is 5.66. The van der Waals surface area contributed by atoms with Crippen LogP contribution in [-0.2, 0) is 4.79 Å². The molecule has 1 atom stereocenters. The molecule has 1 heterocycles. The van der Waals surface area contributed by atoms with Crippen molar-refractivity contribution >= 4 is 5.91 Å². The third-order valence-corrected chi connectivity index (χ3v) is 2.43. The van der Waals surface area contributed by atoms with E-state index in [1.807, 2.05) is 18.7 Å². The Morgan fingerprint density at radius 3 is 2.83 bits per heavy atom. The summed E-state index contributed by atoms with van der Waals surface area (Å²) in [6, 6.07) is 0.305. The first-order valence-corrected chi connectivity index (χ1v) is 4.67. The Kier molecular flexibility index (Phi) is 3.09. The van der Waals surface area contributed by atoms with Gasteiger partial charge in [0.2, 0.25) is 5.91 Å². The number of nitrogens with zero attached hydrogens (tertiary/aromatic N) is 1. The summed E-state index contributed by atoms with van der Waals surface area (Å²) in [6.45, 7) is 5.39. The number of carbonyl (C=O) groups is 1. The predicted octanol–water partition coefficient (Wildman–Crippen LogP) is 0.592. The van der Waals surface area contributed by atoms with E-state index in [1.165, 1.54) is 0 Å². The van der Waals surface area contributed by atoms with E-state index < -0.39 is 0 Å². The van der Waals surface area contributed by atoms with Crippen molar-refractivity contribution in [3.63, 3.8) is 0 Å². The summed E-state index contributed by atoms with van der Waals surface area (Å²) < 4.78 is 0. The molecule has 0 bridgehead atoms. The van der Waals surface area contributed by atoms with Crippen LogP contribution in [0.3, 0.4) is 0 Å². The van der Waals surface area contributed by atoms with Gasteiger partial charge in [-0.15, -0.1) is 0 Å². The van der Waals surface area contributed by atoms with E-state index in [-0.39, 0.29) is 11.8 Å². The molecule has 1 amide bonds. The number of carbonyl (C=O) groups excluding carboxylic acids is 1. The highest BCUT2D eigenvalue weighted by Crippen LogP contribution is 2.18. The quantitative estimate of drug-likeness (QED) is 0.659. The monoisotopic (exact) mass is 170 g/mol. The molecule has 0 saturated carbocycles. The Morgan fingerprint density at radius 1 is 1.67 bits per heavy atom. The molecule has 1 rings (SSSR count). The van der Waals surface area contributed by atoms with Crippen LogP contribution in [0.15, 0.2) is 0 Å². The van der Waals surface area contributed by atoms with Gasteiger partial charge in [0.05, 0.1) is 0 Å². The maximum Gasteiger partial charge on any atom is 0.225 e. The smallest absolute Gasteiger partial charge is 0.225 e. The first kappa shape index (κ1) is 9.52. The van der Waals surface area contributed by atoms with Crippen LogP contribution < -0.4 is 5.73 Å². The number of hydrogen-bond donors (Lipinski definition) is 1. The molecule has 0 aromatic carbocycles. The Balaban J connectivity index is 2.55. The summed E-state index contributed by atoms with van der Waals surface area (Å²) in [5.74, 6) is 0.361. The molecule has 0 aromatic rings. The Hall–Kier alpha value is -0.570. The van der Waals surface area contributed by atoms with Crippen molar-refractivity contribution in [2.75, 3.05) is 13.1 Å². The Bertz CT molecular complexity index is 168. The van der Waals surface area contributed by atoms with Gasteiger partial charge in [0.15, 0.2) is 0 Å². The van der Waals surface area contributed by atoms with Crippen LogP contribution in [0.25, 0.3) is 0 Å². The van der Waals surface area contributed by atoms with Crippen LogP contribution in [0.1, 0.15) is 26.7 Å². The maximum atomic E-state index is 11.6. The SMILES string of the molecule is CC(C)C(=O)N1CCCC1CN. The standard InChI is InChI=1S/C9H18N2O/c1-7(2)9(12)11-5-3-4-8(11)6-10/h7-8H,3-6,10H2,1-2H3. The number of amides is 1. The summed E-state index contributed by atoms with van der Waals surface area (Å²) >= 11 is 0. The van der Waals surface area contributed by atoms with Crippen molar-refractivity contribution in [3.05, 3.63) is 0 Å². The molecule has 0 spiro atoms. The van der Waals surface area contributed by atoms with E-state index >= 15 is 0 Å². The molecular weight excluding hydrogens is 152 g/mol. The fourth-order valence-corrected chi connectivity index (χ4v) is 1.70. The minimum atomic E-state index is 0.108. The van der Waals surface area contributed by atoms with E-state index in [0.717, 1.165) is 19.4 Å². The average molecular weight is 170 g/mol. The lowest BCUT2D eigenvalue weighted by Crippen LogP contribution is -2.41.